The third kappa shape index (κ3) is 4.38. The molecular formula is C22H21F3O3. The Morgan fingerprint density at radius 2 is 1.89 bits per heavy atom. The molecule has 1 N–H and O–H groups in total. The molecular weight excluding hydrogens is 369 g/mol. The number of rotatable bonds is 7. The maximum Gasteiger partial charge on any atom is 0.303 e. The minimum Gasteiger partial charge on any atom is -0.486 e. The summed E-state index contributed by atoms with van der Waals surface area (Å²) in [7, 11) is 0. The number of hydrogen-bond donors (Lipinski definition) is 1. The van der Waals surface area contributed by atoms with Crippen molar-refractivity contribution in [3.63, 3.8) is 0 Å². The zero-order valence-electron chi connectivity index (χ0n) is 15.5. The van der Waals surface area contributed by atoms with Gasteiger partial charge in [0, 0.05) is 6.42 Å². The maximum absolute atomic E-state index is 14.3. The summed E-state index contributed by atoms with van der Waals surface area (Å²) in [5, 5.41) is 8.68. The van der Waals surface area contributed by atoms with E-state index in [0.29, 0.717) is 5.56 Å². The molecule has 28 heavy (non-hydrogen) atoms. The van der Waals surface area contributed by atoms with Gasteiger partial charge in [-0.3, -0.25) is 4.79 Å². The number of allylic oxidation sites excluding steroid dienone is 1. The number of aliphatic carboxylic acids is 1. The fourth-order valence-corrected chi connectivity index (χ4v) is 3.38. The van der Waals surface area contributed by atoms with Crippen LogP contribution < -0.4 is 4.74 Å². The molecule has 0 heterocycles. The number of carboxylic acid groups (broad SMARTS) is 1. The number of halogens is 3. The molecule has 0 amide bonds. The first-order valence-corrected chi connectivity index (χ1v) is 9.15. The van der Waals surface area contributed by atoms with Crippen molar-refractivity contribution in [3.05, 3.63) is 70.0 Å². The predicted molar refractivity (Wildman–Crippen MR) is 99.7 cm³/mol. The van der Waals surface area contributed by atoms with Crippen LogP contribution in [-0.2, 0) is 11.2 Å². The van der Waals surface area contributed by atoms with Crippen molar-refractivity contribution in [3.8, 4) is 5.75 Å². The second kappa shape index (κ2) is 8.50. The zero-order valence-corrected chi connectivity index (χ0v) is 15.5. The van der Waals surface area contributed by atoms with Crippen LogP contribution in [0.3, 0.4) is 0 Å². The van der Waals surface area contributed by atoms with Crippen LogP contribution in [0.4, 0.5) is 13.2 Å². The molecule has 1 aliphatic carbocycles. The molecule has 148 valence electrons. The summed E-state index contributed by atoms with van der Waals surface area (Å²) in [6.45, 7) is 1.79. The van der Waals surface area contributed by atoms with E-state index in [-0.39, 0.29) is 36.6 Å². The SMILES string of the molecule is Cc1ccc(C2=C(COc3ccc(CCC(=O)O)c(F)c3F)CCC2)cc1F. The van der Waals surface area contributed by atoms with Crippen LogP contribution in [0.5, 0.6) is 5.75 Å². The highest BCUT2D eigenvalue weighted by atomic mass is 19.2. The van der Waals surface area contributed by atoms with Crippen LogP contribution in [-0.4, -0.2) is 17.7 Å². The minimum atomic E-state index is -1.12. The molecule has 0 unspecified atom stereocenters. The van der Waals surface area contributed by atoms with Crippen molar-refractivity contribution < 1.29 is 27.8 Å². The van der Waals surface area contributed by atoms with Crippen molar-refractivity contribution in [1.82, 2.24) is 0 Å². The van der Waals surface area contributed by atoms with Gasteiger partial charge in [0.1, 0.15) is 12.4 Å². The molecule has 6 heteroatoms. The number of ether oxygens (including phenoxy) is 1. The lowest BCUT2D eigenvalue weighted by atomic mass is 10.0. The fraction of sp³-hybridized carbons (Fsp3) is 0.318. The molecule has 0 saturated heterocycles. The average Bonchev–Trinajstić information content (AvgIpc) is 3.13. The van der Waals surface area contributed by atoms with Gasteiger partial charge in [0.15, 0.2) is 11.6 Å². The summed E-state index contributed by atoms with van der Waals surface area (Å²) < 4.78 is 47.8. The van der Waals surface area contributed by atoms with Crippen LogP contribution in [0.2, 0.25) is 0 Å². The molecule has 0 radical (unpaired) electrons. The van der Waals surface area contributed by atoms with Crippen molar-refractivity contribution >= 4 is 11.5 Å². The van der Waals surface area contributed by atoms with E-state index in [4.69, 9.17) is 9.84 Å². The van der Waals surface area contributed by atoms with Gasteiger partial charge in [-0.05, 0) is 72.6 Å². The fourth-order valence-electron chi connectivity index (χ4n) is 3.38. The van der Waals surface area contributed by atoms with E-state index in [9.17, 15) is 18.0 Å². The summed E-state index contributed by atoms with van der Waals surface area (Å²) >= 11 is 0. The number of carbonyl (C=O) groups is 1. The molecule has 0 fully saturated rings. The lowest BCUT2D eigenvalue weighted by Crippen LogP contribution is -2.06. The second-order valence-corrected chi connectivity index (χ2v) is 6.93. The standard InChI is InChI=1S/C22H21F3O3/c1-13-5-6-15(11-18(13)23)17-4-2-3-16(17)12-28-19-9-7-14(8-10-20(26)27)21(24)22(19)25/h5-7,9,11H,2-4,8,10,12H2,1H3,(H,26,27). The monoisotopic (exact) mass is 390 g/mol. The third-order valence-electron chi connectivity index (χ3n) is 4.99. The second-order valence-electron chi connectivity index (χ2n) is 6.93. The van der Waals surface area contributed by atoms with Crippen LogP contribution in [0.1, 0.15) is 42.4 Å². The van der Waals surface area contributed by atoms with Crippen molar-refractivity contribution in [2.45, 2.75) is 39.0 Å². The maximum atomic E-state index is 14.3. The quantitative estimate of drug-likeness (QED) is 0.684. The number of carboxylic acids is 1. The average molecular weight is 390 g/mol. The highest BCUT2D eigenvalue weighted by molar-refractivity contribution is 5.71. The van der Waals surface area contributed by atoms with E-state index < -0.39 is 17.6 Å². The Labute approximate surface area is 161 Å². The van der Waals surface area contributed by atoms with E-state index in [1.807, 2.05) is 6.07 Å². The Hall–Kier alpha value is -2.76. The first kappa shape index (κ1) is 20.0. The Kier molecular flexibility index (Phi) is 6.07. The molecule has 2 aromatic carbocycles. The number of hydrogen-bond acceptors (Lipinski definition) is 2. The molecule has 0 aromatic heterocycles. The zero-order chi connectivity index (χ0) is 20.3. The van der Waals surface area contributed by atoms with E-state index in [0.717, 1.165) is 36.0 Å². The Morgan fingerprint density at radius 1 is 1.11 bits per heavy atom. The van der Waals surface area contributed by atoms with Crippen LogP contribution in [0.15, 0.2) is 35.9 Å². The molecule has 3 nitrogen and oxygen atoms in total. The molecule has 0 bridgehead atoms. The highest BCUT2D eigenvalue weighted by Gasteiger charge is 2.20. The first-order chi connectivity index (χ1) is 13.4. The van der Waals surface area contributed by atoms with Gasteiger partial charge >= 0.3 is 5.97 Å². The van der Waals surface area contributed by atoms with Gasteiger partial charge in [0.25, 0.3) is 0 Å². The van der Waals surface area contributed by atoms with Gasteiger partial charge in [-0.25, -0.2) is 8.78 Å². The summed E-state index contributed by atoms with van der Waals surface area (Å²) in [5.41, 5.74) is 3.29. The van der Waals surface area contributed by atoms with E-state index in [2.05, 4.69) is 0 Å². The smallest absolute Gasteiger partial charge is 0.303 e. The third-order valence-corrected chi connectivity index (χ3v) is 4.99. The summed E-state index contributed by atoms with van der Waals surface area (Å²) in [4.78, 5) is 10.6. The lowest BCUT2D eigenvalue weighted by molar-refractivity contribution is -0.136. The van der Waals surface area contributed by atoms with Gasteiger partial charge in [0.2, 0.25) is 5.82 Å². The van der Waals surface area contributed by atoms with E-state index >= 15 is 0 Å². The largest absolute Gasteiger partial charge is 0.486 e. The van der Waals surface area contributed by atoms with Gasteiger partial charge in [0.05, 0.1) is 0 Å². The molecule has 1 aliphatic rings. The molecule has 2 aromatic rings. The molecule has 0 spiro atoms. The van der Waals surface area contributed by atoms with Crippen molar-refractivity contribution in [2.24, 2.45) is 0 Å². The number of benzene rings is 2. The van der Waals surface area contributed by atoms with Crippen LogP contribution in [0.25, 0.3) is 5.57 Å². The Bertz CT molecular complexity index is 935. The normalized spacial score (nSPS) is 13.9. The summed E-state index contributed by atoms with van der Waals surface area (Å²) in [5.74, 6) is -3.77. The van der Waals surface area contributed by atoms with E-state index in [1.54, 1.807) is 13.0 Å². The first-order valence-electron chi connectivity index (χ1n) is 9.15. The lowest BCUT2D eigenvalue weighted by Gasteiger charge is -2.13. The Balaban J connectivity index is 1.76. The highest BCUT2D eigenvalue weighted by Crippen LogP contribution is 2.35. The number of aryl methyl sites for hydroxylation is 2. The summed E-state index contributed by atoms with van der Waals surface area (Å²) in [6, 6.07) is 7.73. The molecule has 3 rings (SSSR count). The summed E-state index contributed by atoms with van der Waals surface area (Å²) in [6.07, 6.45) is 2.07. The van der Waals surface area contributed by atoms with E-state index in [1.165, 1.54) is 18.2 Å². The molecule has 0 saturated carbocycles. The van der Waals surface area contributed by atoms with Crippen molar-refractivity contribution in [2.75, 3.05) is 6.61 Å². The molecule has 0 atom stereocenters. The van der Waals surface area contributed by atoms with Crippen LogP contribution in [0, 0.1) is 24.4 Å². The van der Waals surface area contributed by atoms with Gasteiger partial charge < -0.3 is 9.84 Å². The van der Waals surface area contributed by atoms with Crippen LogP contribution >= 0.6 is 0 Å². The van der Waals surface area contributed by atoms with Gasteiger partial charge in [-0.2, -0.15) is 4.39 Å². The minimum absolute atomic E-state index is 0.00292. The van der Waals surface area contributed by atoms with Crippen molar-refractivity contribution in [1.29, 1.82) is 0 Å². The predicted octanol–water partition coefficient (Wildman–Crippen LogP) is 5.45. The Morgan fingerprint density at radius 3 is 2.61 bits per heavy atom. The van der Waals surface area contributed by atoms with Gasteiger partial charge in [-0.15, -0.1) is 0 Å². The topological polar surface area (TPSA) is 46.5 Å². The van der Waals surface area contributed by atoms with Gasteiger partial charge in [-0.1, -0.05) is 18.2 Å². The molecule has 0 aliphatic heterocycles.